The normalized spacial score (nSPS) is 29.4. The van der Waals surface area contributed by atoms with Gasteiger partial charge in [-0.25, -0.2) is 0 Å². The van der Waals surface area contributed by atoms with Gasteiger partial charge in [0.2, 0.25) is 0 Å². The third-order valence-electron chi connectivity index (χ3n) is 3.04. The molecule has 1 saturated heterocycles. The van der Waals surface area contributed by atoms with E-state index in [0.717, 1.165) is 25.5 Å². The molecule has 0 aliphatic carbocycles. The topological polar surface area (TPSA) is 24.5 Å². The highest BCUT2D eigenvalue weighted by Gasteiger charge is 2.22. The van der Waals surface area contributed by atoms with Gasteiger partial charge in [0.05, 0.1) is 0 Å². The average Bonchev–Trinajstić information content (AvgIpc) is 2.15. The molecule has 2 atom stereocenters. The summed E-state index contributed by atoms with van der Waals surface area (Å²) in [6.07, 6.45) is 2.40. The van der Waals surface area contributed by atoms with E-state index in [4.69, 9.17) is 4.74 Å². The number of nitrogens with one attached hydrogen (secondary N) is 1. The summed E-state index contributed by atoms with van der Waals surface area (Å²) in [5, 5.41) is 3.62. The largest absolute Gasteiger partial charge is 0.385 e. The second kappa shape index (κ2) is 6.38. The molecule has 3 heteroatoms. The lowest BCUT2D eigenvalue weighted by molar-refractivity contribution is 0.165. The zero-order valence-corrected chi connectivity index (χ0v) is 9.75. The highest BCUT2D eigenvalue weighted by molar-refractivity contribution is 4.81. The first-order valence-corrected chi connectivity index (χ1v) is 5.65. The number of ether oxygens (including phenoxy) is 1. The minimum absolute atomic E-state index is 0.711. The molecule has 0 radical (unpaired) electrons. The Labute approximate surface area is 87.8 Å². The summed E-state index contributed by atoms with van der Waals surface area (Å²) in [7, 11) is 3.97. The number of methoxy groups -OCH3 is 1. The number of nitrogens with zero attached hydrogens (tertiary/aromatic N) is 1. The number of piperidine rings is 1. The van der Waals surface area contributed by atoms with Crippen LogP contribution in [0.4, 0.5) is 0 Å². The van der Waals surface area contributed by atoms with Gasteiger partial charge in [0, 0.05) is 26.3 Å². The van der Waals surface area contributed by atoms with Gasteiger partial charge in [-0.15, -0.1) is 0 Å². The van der Waals surface area contributed by atoms with Crippen LogP contribution in [0.25, 0.3) is 0 Å². The maximum atomic E-state index is 5.03. The van der Waals surface area contributed by atoms with Crippen molar-refractivity contribution in [3.05, 3.63) is 0 Å². The maximum absolute atomic E-state index is 5.03. The van der Waals surface area contributed by atoms with Crippen LogP contribution in [0.2, 0.25) is 0 Å². The lowest BCUT2D eigenvalue weighted by Crippen LogP contribution is -2.47. The van der Waals surface area contributed by atoms with Crippen molar-refractivity contribution < 1.29 is 4.74 Å². The summed E-state index contributed by atoms with van der Waals surface area (Å²) < 4.78 is 5.03. The van der Waals surface area contributed by atoms with Crippen LogP contribution in [-0.2, 0) is 4.74 Å². The molecule has 2 unspecified atom stereocenters. The first kappa shape index (κ1) is 12.0. The Bertz CT molecular complexity index is 152. The molecule has 1 rings (SSSR count). The number of hydrogen-bond acceptors (Lipinski definition) is 3. The van der Waals surface area contributed by atoms with Crippen molar-refractivity contribution in [3.63, 3.8) is 0 Å². The van der Waals surface area contributed by atoms with Crippen LogP contribution in [0.1, 0.15) is 19.8 Å². The fraction of sp³-hybridized carbons (Fsp3) is 1.00. The zero-order valence-electron chi connectivity index (χ0n) is 9.75. The van der Waals surface area contributed by atoms with Crippen LogP contribution in [-0.4, -0.2) is 51.3 Å². The van der Waals surface area contributed by atoms with E-state index in [-0.39, 0.29) is 0 Å². The van der Waals surface area contributed by atoms with Gasteiger partial charge >= 0.3 is 0 Å². The van der Waals surface area contributed by atoms with Crippen molar-refractivity contribution in [1.29, 1.82) is 0 Å². The summed E-state index contributed by atoms with van der Waals surface area (Å²) in [6, 6.07) is 0.711. The smallest absolute Gasteiger partial charge is 0.0474 e. The van der Waals surface area contributed by atoms with Gasteiger partial charge in [-0.2, -0.15) is 0 Å². The summed E-state index contributed by atoms with van der Waals surface area (Å²) in [4.78, 5) is 2.41. The van der Waals surface area contributed by atoms with Crippen molar-refractivity contribution in [1.82, 2.24) is 10.2 Å². The molecule has 1 aliphatic rings. The number of rotatable bonds is 5. The summed E-state index contributed by atoms with van der Waals surface area (Å²) in [6.45, 7) is 6.75. The Morgan fingerprint density at radius 1 is 1.50 bits per heavy atom. The quantitative estimate of drug-likeness (QED) is 0.669. The van der Waals surface area contributed by atoms with Crippen LogP contribution in [0.5, 0.6) is 0 Å². The highest BCUT2D eigenvalue weighted by Crippen LogP contribution is 2.14. The average molecular weight is 200 g/mol. The Kier molecular flexibility index (Phi) is 5.45. The van der Waals surface area contributed by atoms with E-state index in [2.05, 4.69) is 24.2 Å². The van der Waals surface area contributed by atoms with Crippen molar-refractivity contribution in [2.24, 2.45) is 5.92 Å². The van der Waals surface area contributed by atoms with E-state index in [1.807, 2.05) is 0 Å². The van der Waals surface area contributed by atoms with E-state index in [1.54, 1.807) is 7.11 Å². The predicted molar refractivity (Wildman–Crippen MR) is 59.6 cm³/mol. The Hall–Kier alpha value is -0.120. The van der Waals surface area contributed by atoms with Crippen molar-refractivity contribution in [3.8, 4) is 0 Å². The summed E-state index contributed by atoms with van der Waals surface area (Å²) in [5.74, 6) is 0.774. The standard InChI is InChI=1S/C11H24N2O/c1-10-9-13(2)7-5-11(10)12-6-4-8-14-3/h10-12H,4-9H2,1-3H3. The fourth-order valence-electron chi connectivity index (χ4n) is 2.16. The lowest BCUT2D eigenvalue weighted by atomic mass is 9.94. The molecule has 0 aromatic heterocycles. The molecule has 1 aliphatic heterocycles. The molecule has 0 amide bonds. The molecular formula is C11H24N2O. The van der Waals surface area contributed by atoms with Crippen LogP contribution >= 0.6 is 0 Å². The molecule has 84 valence electrons. The van der Waals surface area contributed by atoms with E-state index in [0.29, 0.717) is 6.04 Å². The molecule has 1 N–H and O–H groups in total. The van der Waals surface area contributed by atoms with Gasteiger partial charge < -0.3 is 15.0 Å². The minimum atomic E-state index is 0.711. The third-order valence-corrected chi connectivity index (χ3v) is 3.04. The second-order valence-electron chi connectivity index (χ2n) is 4.44. The molecule has 0 aromatic rings. The van der Waals surface area contributed by atoms with Gasteiger partial charge in [0.25, 0.3) is 0 Å². The first-order valence-electron chi connectivity index (χ1n) is 5.65. The molecule has 0 bridgehead atoms. The van der Waals surface area contributed by atoms with Gasteiger partial charge in [-0.05, 0) is 38.9 Å². The first-order chi connectivity index (χ1) is 6.74. The molecule has 14 heavy (non-hydrogen) atoms. The third kappa shape index (κ3) is 3.95. The molecule has 0 aromatic carbocycles. The highest BCUT2D eigenvalue weighted by atomic mass is 16.5. The summed E-state index contributed by atoms with van der Waals surface area (Å²) >= 11 is 0. The number of likely N-dealkylation sites (tertiary alicyclic amines) is 1. The molecule has 1 fully saturated rings. The SMILES string of the molecule is COCCCNC1CCN(C)CC1C. The van der Waals surface area contributed by atoms with Crippen LogP contribution < -0.4 is 5.32 Å². The molecule has 3 nitrogen and oxygen atoms in total. The molecule has 0 saturated carbocycles. The monoisotopic (exact) mass is 200 g/mol. The Morgan fingerprint density at radius 3 is 2.93 bits per heavy atom. The maximum Gasteiger partial charge on any atom is 0.0474 e. The van der Waals surface area contributed by atoms with Crippen LogP contribution in [0, 0.1) is 5.92 Å². The van der Waals surface area contributed by atoms with E-state index in [1.165, 1.54) is 19.5 Å². The fourth-order valence-corrected chi connectivity index (χ4v) is 2.16. The van der Waals surface area contributed by atoms with Gasteiger partial charge in [0.15, 0.2) is 0 Å². The molecule has 1 heterocycles. The van der Waals surface area contributed by atoms with Gasteiger partial charge in [-0.3, -0.25) is 0 Å². The Morgan fingerprint density at radius 2 is 2.29 bits per heavy atom. The minimum Gasteiger partial charge on any atom is -0.385 e. The van der Waals surface area contributed by atoms with E-state index >= 15 is 0 Å². The summed E-state index contributed by atoms with van der Waals surface area (Å²) in [5.41, 5.74) is 0. The van der Waals surface area contributed by atoms with Crippen molar-refractivity contribution >= 4 is 0 Å². The predicted octanol–water partition coefficient (Wildman–Crippen LogP) is 0.953. The molecule has 0 spiro atoms. The van der Waals surface area contributed by atoms with E-state index in [9.17, 15) is 0 Å². The van der Waals surface area contributed by atoms with Gasteiger partial charge in [0.1, 0.15) is 0 Å². The second-order valence-corrected chi connectivity index (χ2v) is 4.44. The van der Waals surface area contributed by atoms with Crippen molar-refractivity contribution in [2.45, 2.75) is 25.8 Å². The van der Waals surface area contributed by atoms with Crippen molar-refractivity contribution in [2.75, 3.05) is 40.4 Å². The number of hydrogen-bond donors (Lipinski definition) is 1. The van der Waals surface area contributed by atoms with Crippen LogP contribution in [0.15, 0.2) is 0 Å². The lowest BCUT2D eigenvalue weighted by Gasteiger charge is -2.35. The van der Waals surface area contributed by atoms with Crippen LogP contribution in [0.3, 0.4) is 0 Å². The van der Waals surface area contributed by atoms with E-state index < -0.39 is 0 Å². The van der Waals surface area contributed by atoms with Gasteiger partial charge in [-0.1, -0.05) is 6.92 Å². The molecular weight excluding hydrogens is 176 g/mol. The zero-order chi connectivity index (χ0) is 10.4. The Balaban J connectivity index is 2.11.